The Balaban J connectivity index is 1.17. The molecule has 0 aliphatic carbocycles. The third-order valence-electron chi connectivity index (χ3n) is 7.26. The molecule has 2 heterocycles. The average Bonchev–Trinajstić information content (AvgIpc) is 2.95. The van der Waals surface area contributed by atoms with E-state index in [4.69, 9.17) is 4.74 Å². The molecule has 5 rings (SSSR count). The lowest BCUT2D eigenvalue weighted by Gasteiger charge is -2.36. The molecule has 0 unspecified atom stereocenters. The summed E-state index contributed by atoms with van der Waals surface area (Å²) in [5.74, 6) is 0.703. The Labute approximate surface area is 217 Å². The maximum absolute atomic E-state index is 12.9. The van der Waals surface area contributed by atoms with Crippen LogP contribution in [0.15, 0.2) is 60.7 Å². The average molecular weight is 505 g/mol. The second-order valence-electron chi connectivity index (χ2n) is 9.56. The number of rotatable bonds is 7. The normalized spacial score (nSPS) is 16.6. The first kappa shape index (κ1) is 24.8. The Morgan fingerprint density at radius 1 is 0.865 bits per heavy atom. The third kappa shape index (κ3) is 5.61. The van der Waals surface area contributed by atoms with Crippen LogP contribution >= 0.6 is 0 Å². The number of hydrogen-bond acceptors (Lipinski definition) is 7. The smallest absolute Gasteiger partial charge is 0.316 e. The Morgan fingerprint density at radius 2 is 1.57 bits per heavy atom. The lowest BCUT2D eigenvalue weighted by Crippen LogP contribution is -2.50. The van der Waals surface area contributed by atoms with E-state index in [-0.39, 0.29) is 12.5 Å². The Bertz CT molecular complexity index is 1250. The molecule has 0 spiro atoms. The lowest BCUT2D eigenvalue weighted by molar-refractivity contribution is -0.736. The minimum Gasteiger partial charge on any atom is -0.484 e. The van der Waals surface area contributed by atoms with Gasteiger partial charge in [-0.3, -0.25) is 4.79 Å². The molecule has 3 aromatic rings. The summed E-state index contributed by atoms with van der Waals surface area (Å²) in [6.45, 7) is 6.81. The molecule has 9 nitrogen and oxygen atoms in total. The molecular formula is C28H34N5O4+. The number of likely N-dealkylation sites (N-methyl/N-ethyl adjacent to an activating group) is 1. The first-order valence-corrected chi connectivity index (χ1v) is 12.7. The van der Waals surface area contributed by atoms with Gasteiger partial charge in [-0.2, -0.15) is 0 Å². The van der Waals surface area contributed by atoms with E-state index in [1.807, 2.05) is 23.1 Å². The molecule has 37 heavy (non-hydrogen) atoms. The van der Waals surface area contributed by atoms with Crippen molar-refractivity contribution in [3.63, 3.8) is 0 Å². The van der Waals surface area contributed by atoms with Crippen LogP contribution in [0.5, 0.6) is 5.75 Å². The third-order valence-corrected chi connectivity index (χ3v) is 7.26. The molecule has 2 fully saturated rings. The van der Waals surface area contributed by atoms with Gasteiger partial charge >= 0.3 is 5.69 Å². The van der Waals surface area contributed by atoms with Crippen LogP contribution in [0.3, 0.4) is 0 Å². The summed E-state index contributed by atoms with van der Waals surface area (Å²) in [4.78, 5) is 38.5. The van der Waals surface area contributed by atoms with E-state index in [1.54, 1.807) is 12.1 Å². The summed E-state index contributed by atoms with van der Waals surface area (Å²) in [7, 11) is 3.50. The van der Waals surface area contributed by atoms with Gasteiger partial charge in [0.15, 0.2) is 13.7 Å². The van der Waals surface area contributed by atoms with Gasteiger partial charge in [-0.15, -0.1) is 0 Å². The summed E-state index contributed by atoms with van der Waals surface area (Å²) in [6.07, 6.45) is 0. The largest absolute Gasteiger partial charge is 0.484 e. The van der Waals surface area contributed by atoms with E-state index in [0.717, 1.165) is 50.3 Å². The maximum atomic E-state index is 12.9. The molecule has 0 aromatic heterocycles. The molecule has 0 saturated carbocycles. The highest BCUT2D eigenvalue weighted by Crippen LogP contribution is 2.31. The van der Waals surface area contributed by atoms with Crippen LogP contribution in [0.1, 0.15) is 0 Å². The summed E-state index contributed by atoms with van der Waals surface area (Å²) in [6, 6.07) is 19.7. The van der Waals surface area contributed by atoms with Crippen LogP contribution in [0, 0.1) is 4.91 Å². The van der Waals surface area contributed by atoms with Gasteiger partial charge in [-0.1, -0.05) is 18.2 Å². The standard InChI is InChI=1S/C28H34N5O4/c1-29-12-14-31(15-13-29)27-5-3-4-22-6-11-25(20-26(22)27)37-21-28(34)32-18-16-30(17-19-32)23-7-9-24(10-8-23)33(35)36-2/h3-11,20H,12-19,21H2,1-2H3/q+1. The van der Waals surface area contributed by atoms with Gasteiger partial charge in [0, 0.05) is 81.3 Å². The number of benzene rings is 3. The molecule has 0 N–H and O–H groups in total. The van der Waals surface area contributed by atoms with Crippen molar-refractivity contribution in [1.29, 1.82) is 0 Å². The van der Waals surface area contributed by atoms with Gasteiger partial charge in [0.1, 0.15) is 5.75 Å². The molecule has 2 aliphatic rings. The van der Waals surface area contributed by atoms with Crippen LogP contribution in [-0.4, -0.2) is 93.8 Å². The summed E-state index contributed by atoms with van der Waals surface area (Å²) < 4.78 is 5.97. The number of piperazine rings is 2. The van der Waals surface area contributed by atoms with Crippen LogP contribution in [-0.2, 0) is 9.63 Å². The highest BCUT2D eigenvalue weighted by molar-refractivity contribution is 5.95. The van der Waals surface area contributed by atoms with Crippen molar-refractivity contribution >= 4 is 33.7 Å². The maximum Gasteiger partial charge on any atom is 0.316 e. The lowest BCUT2D eigenvalue weighted by atomic mass is 10.1. The Kier molecular flexibility index (Phi) is 7.41. The molecule has 2 saturated heterocycles. The number of fused-ring (bicyclic) bond motifs is 1. The van der Waals surface area contributed by atoms with E-state index < -0.39 is 0 Å². The van der Waals surface area contributed by atoms with Gasteiger partial charge < -0.3 is 24.3 Å². The van der Waals surface area contributed by atoms with Crippen molar-refractivity contribution in [3.05, 3.63) is 65.6 Å². The summed E-state index contributed by atoms with van der Waals surface area (Å²) >= 11 is 0. The Morgan fingerprint density at radius 3 is 2.27 bits per heavy atom. The molecule has 0 bridgehead atoms. The number of hydrogen-bond donors (Lipinski definition) is 0. The molecule has 3 aromatic carbocycles. The molecule has 0 atom stereocenters. The van der Waals surface area contributed by atoms with E-state index in [0.29, 0.717) is 29.4 Å². The fourth-order valence-electron chi connectivity index (χ4n) is 4.99. The number of nitrogens with zero attached hydrogens (tertiary/aromatic N) is 5. The van der Waals surface area contributed by atoms with Crippen molar-refractivity contribution in [2.45, 2.75) is 0 Å². The van der Waals surface area contributed by atoms with Crippen molar-refractivity contribution in [3.8, 4) is 5.75 Å². The zero-order valence-corrected chi connectivity index (χ0v) is 21.5. The van der Waals surface area contributed by atoms with Crippen molar-refractivity contribution in [2.75, 3.05) is 82.9 Å². The van der Waals surface area contributed by atoms with Gasteiger partial charge in [0.05, 0.1) is 4.91 Å². The van der Waals surface area contributed by atoms with Crippen LogP contribution in [0.2, 0.25) is 0 Å². The SMILES string of the molecule is CO[N+](=O)c1ccc(N2CCN(C(=O)COc3ccc4cccc(N5CCN(C)CC5)c4c3)CC2)cc1. The van der Waals surface area contributed by atoms with Crippen molar-refractivity contribution < 1.29 is 19.3 Å². The Hall–Kier alpha value is -3.85. The van der Waals surface area contributed by atoms with E-state index in [9.17, 15) is 9.70 Å². The van der Waals surface area contributed by atoms with Gasteiger partial charge in [0.25, 0.3) is 10.8 Å². The molecule has 0 radical (unpaired) electrons. The fraction of sp³-hybridized carbons (Fsp3) is 0.393. The van der Waals surface area contributed by atoms with Crippen molar-refractivity contribution in [2.24, 2.45) is 0 Å². The molecule has 194 valence electrons. The monoisotopic (exact) mass is 504 g/mol. The highest BCUT2D eigenvalue weighted by atomic mass is 16.8. The number of carbonyl (C=O) groups is 1. The quantitative estimate of drug-likeness (QED) is 0.458. The predicted octanol–water partition coefficient (Wildman–Crippen LogP) is 3.29. The first-order chi connectivity index (χ1) is 18.0. The number of amides is 1. The molecule has 1 amide bonds. The minimum absolute atomic E-state index is 0.00969. The van der Waals surface area contributed by atoms with Crippen molar-refractivity contribution in [1.82, 2.24) is 9.80 Å². The second kappa shape index (κ2) is 11.0. The zero-order valence-electron chi connectivity index (χ0n) is 21.5. The summed E-state index contributed by atoms with van der Waals surface area (Å²) in [5.41, 5.74) is 2.68. The van der Waals surface area contributed by atoms with Gasteiger partial charge in [-0.25, -0.2) is 4.84 Å². The molecule has 2 aliphatic heterocycles. The minimum atomic E-state index is -0.00969. The van der Waals surface area contributed by atoms with E-state index in [1.165, 1.54) is 18.2 Å². The molecular weight excluding hydrogens is 470 g/mol. The number of ether oxygens (including phenoxy) is 1. The highest BCUT2D eigenvalue weighted by Gasteiger charge is 2.23. The number of anilines is 2. The second-order valence-corrected chi connectivity index (χ2v) is 9.56. The van der Waals surface area contributed by atoms with Crippen LogP contribution in [0.4, 0.5) is 17.1 Å². The van der Waals surface area contributed by atoms with Gasteiger partial charge in [-0.05, 0) is 42.8 Å². The van der Waals surface area contributed by atoms with Gasteiger partial charge in [0.2, 0.25) is 0 Å². The first-order valence-electron chi connectivity index (χ1n) is 12.7. The summed E-state index contributed by atoms with van der Waals surface area (Å²) in [5, 5.41) is 2.33. The van der Waals surface area contributed by atoms with E-state index in [2.05, 4.69) is 56.9 Å². The topological polar surface area (TPSA) is 68.6 Å². The predicted molar refractivity (Wildman–Crippen MR) is 145 cm³/mol. The fourth-order valence-corrected chi connectivity index (χ4v) is 4.99. The van der Waals surface area contributed by atoms with Crippen LogP contribution < -0.4 is 14.5 Å². The number of carbonyl (C=O) groups excluding carboxylic acids is 1. The molecule has 9 heteroatoms. The van der Waals surface area contributed by atoms with Crippen LogP contribution in [0.25, 0.3) is 10.8 Å². The van der Waals surface area contributed by atoms with E-state index >= 15 is 0 Å². The zero-order chi connectivity index (χ0) is 25.8.